The van der Waals surface area contributed by atoms with E-state index in [4.69, 9.17) is 5.73 Å². The zero-order valence-corrected chi connectivity index (χ0v) is 13.0. The van der Waals surface area contributed by atoms with Crippen LogP contribution in [-0.2, 0) is 4.79 Å². The molecule has 1 rings (SSSR count). The first-order valence-corrected chi connectivity index (χ1v) is 7.62. The van der Waals surface area contributed by atoms with Gasteiger partial charge in [0.05, 0.1) is 0 Å². The van der Waals surface area contributed by atoms with Crippen molar-refractivity contribution in [3.05, 3.63) is 0 Å². The fraction of sp³-hybridized carbons (Fsp3) is 0.933. The van der Waals surface area contributed by atoms with Crippen LogP contribution in [0.15, 0.2) is 0 Å². The minimum Gasteiger partial charge on any atom is -0.353 e. The quantitative estimate of drug-likeness (QED) is 0.770. The van der Waals surface area contributed by atoms with Gasteiger partial charge >= 0.3 is 0 Å². The van der Waals surface area contributed by atoms with Gasteiger partial charge < -0.3 is 16.0 Å². The van der Waals surface area contributed by atoms with Gasteiger partial charge in [-0.1, -0.05) is 13.8 Å². The van der Waals surface area contributed by atoms with E-state index in [2.05, 4.69) is 38.0 Å². The maximum atomic E-state index is 12.1. The van der Waals surface area contributed by atoms with E-state index in [0.29, 0.717) is 36.9 Å². The van der Waals surface area contributed by atoms with Crippen LogP contribution >= 0.6 is 0 Å². The molecule has 0 saturated carbocycles. The summed E-state index contributed by atoms with van der Waals surface area (Å²) in [4.78, 5) is 14.4. The molecular weight excluding hydrogens is 238 g/mol. The lowest BCUT2D eigenvalue weighted by molar-refractivity contribution is -0.123. The van der Waals surface area contributed by atoms with Gasteiger partial charge in [0, 0.05) is 25.0 Å². The molecule has 0 aliphatic carbocycles. The standard InChI is InChI=1S/C15H31N3O/c1-11(2)7-13(10-16)9-15(19)17-14-5-6-18(4)12(3)8-14/h11-14H,5-10,16H2,1-4H3,(H,17,19)/t12?,13-,14?/m0/s1. The molecule has 112 valence electrons. The first-order chi connectivity index (χ1) is 8.92. The van der Waals surface area contributed by atoms with Crippen molar-refractivity contribution in [1.82, 2.24) is 10.2 Å². The molecule has 19 heavy (non-hydrogen) atoms. The van der Waals surface area contributed by atoms with Crippen LogP contribution in [0, 0.1) is 11.8 Å². The number of rotatable bonds is 6. The molecule has 4 heteroatoms. The van der Waals surface area contributed by atoms with Crippen molar-refractivity contribution in [2.24, 2.45) is 17.6 Å². The highest BCUT2D eigenvalue weighted by Gasteiger charge is 2.24. The molecule has 1 fully saturated rings. The topological polar surface area (TPSA) is 58.4 Å². The van der Waals surface area contributed by atoms with Crippen LogP contribution in [0.2, 0.25) is 0 Å². The number of nitrogens with one attached hydrogen (secondary N) is 1. The molecule has 1 amide bonds. The molecule has 0 bridgehead atoms. The van der Waals surface area contributed by atoms with Crippen LogP contribution in [0.3, 0.4) is 0 Å². The molecule has 4 nitrogen and oxygen atoms in total. The summed E-state index contributed by atoms with van der Waals surface area (Å²) >= 11 is 0. The lowest BCUT2D eigenvalue weighted by atomic mass is 9.93. The zero-order chi connectivity index (χ0) is 14.4. The maximum Gasteiger partial charge on any atom is 0.220 e. The lowest BCUT2D eigenvalue weighted by Gasteiger charge is -2.35. The highest BCUT2D eigenvalue weighted by atomic mass is 16.1. The molecule has 1 aliphatic rings. The average molecular weight is 269 g/mol. The molecule has 1 heterocycles. The second-order valence-corrected chi connectivity index (χ2v) is 6.55. The lowest BCUT2D eigenvalue weighted by Crippen LogP contribution is -2.47. The third kappa shape index (κ3) is 5.91. The molecule has 0 radical (unpaired) electrons. The summed E-state index contributed by atoms with van der Waals surface area (Å²) in [6, 6.07) is 0.899. The Balaban J connectivity index is 2.34. The van der Waals surface area contributed by atoms with Crippen LogP contribution in [0.1, 0.15) is 46.5 Å². The number of likely N-dealkylation sites (tertiary alicyclic amines) is 1. The molecule has 0 spiro atoms. The fourth-order valence-electron chi connectivity index (χ4n) is 2.90. The number of amides is 1. The molecular formula is C15H31N3O. The van der Waals surface area contributed by atoms with Crippen molar-refractivity contribution < 1.29 is 4.79 Å². The van der Waals surface area contributed by atoms with Crippen molar-refractivity contribution in [2.75, 3.05) is 20.1 Å². The second kappa shape index (κ2) is 7.85. The first-order valence-electron chi connectivity index (χ1n) is 7.62. The first kappa shape index (κ1) is 16.4. The van der Waals surface area contributed by atoms with E-state index in [1.165, 1.54) is 0 Å². The van der Waals surface area contributed by atoms with Gasteiger partial charge in [-0.25, -0.2) is 0 Å². The predicted molar refractivity (Wildman–Crippen MR) is 79.9 cm³/mol. The van der Waals surface area contributed by atoms with Crippen molar-refractivity contribution >= 4 is 5.91 Å². The van der Waals surface area contributed by atoms with E-state index in [1.807, 2.05) is 0 Å². The van der Waals surface area contributed by atoms with Crippen LogP contribution in [0.5, 0.6) is 0 Å². The van der Waals surface area contributed by atoms with Gasteiger partial charge in [-0.3, -0.25) is 4.79 Å². The van der Waals surface area contributed by atoms with Gasteiger partial charge in [-0.15, -0.1) is 0 Å². The molecule has 2 unspecified atom stereocenters. The SMILES string of the molecule is CC(C)C[C@H](CN)CC(=O)NC1CCN(C)C(C)C1. The monoisotopic (exact) mass is 269 g/mol. The van der Waals surface area contributed by atoms with Crippen LogP contribution in [-0.4, -0.2) is 43.0 Å². The number of hydrogen-bond acceptors (Lipinski definition) is 3. The van der Waals surface area contributed by atoms with Crippen LogP contribution < -0.4 is 11.1 Å². The largest absolute Gasteiger partial charge is 0.353 e. The van der Waals surface area contributed by atoms with E-state index >= 15 is 0 Å². The Hall–Kier alpha value is -0.610. The Kier molecular flexibility index (Phi) is 6.80. The van der Waals surface area contributed by atoms with Gasteiger partial charge in [-0.2, -0.15) is 0 Å². The van der Waals surface area contributed by atoms with Crippen molar-refractivity contribution in [3.8, 4) is 0 Å². The molecule has 1 aliphatic heterocycles. The molecule has 0 aromatic heterocycles. The Labute approximate surface area is 118 Å². The van der Waals surface area contributed by atoms with E-state index in [1.54, 1.807) is 0 Å². The Morgan fingerprint density at radius 2 is 2.16 bits per heavy atom. The van der Waals surface area contributed by atoms with Crippen molar-refractivity contribution in [1.29, 1.82) is 0 Å². The highest BCUT2D eigenvalue weighted by Crippen LogP contribution is 2.17. The number of carbonyl (C=O) groups excluding carboxylic acids is 1. The van der Waals surface area contributed by atoms with E-state index < -0.39 is 0 Å². The van der Waals surface area contributed by atoms with Crippen LogP contribution in [0.25, 0.3) is 0 Å². The van der Waals surface area contributed by atoms with Gasteiger partial charge in [0.15, 0.2) is 0 Å². The number of carbonyl (C=O) groups is 1. The summed E-state index contributed by atoms with van der Waals surface area (Å²) in [7, 11) is 2.15. The Morgan fingerprint density at radius 3 is 2.68 bits per heavy atom. The summed E-state index contributed by atoms with van der Waals surface area (Å²) in [6.07, 6.45) is 3.73. The molecule has 0 aromatic carbocycles. The second-order valence-electron chi connectivity index (χ2n) is 6.55. The molecule has 3 atom stereocenters. The number of hydrogen-bond donors (Lipinski definition) is 2. The number of nitrogens with two attached hydrogens (primary N) is 1. The van der Waals surface area contributed by atoms with E-state index in [0.717, 1.165) is 25.8 Å². The van der Waals surface area contributed by atoms with Gasteiger partial charge in [0.1, 0.15) is 0 Å². The average Bonchev–Trinajstić information content (AvgIpc) is 2.32. The maximum absolute atomic E-state index is 12.1. The Bertz CT molecular complexity index is 281. The minimum atomic E-state index is 0.179. The molecule has 0 aromatic rings. The number of piperidine rings is 1. The third-order valence-electron chi connectivity index (χ3n) is 4.19. The van der Waals surface area contributed by atoms with E-state index in [-0.39, 0.29) is 5.91 Å². The highest BCUT2D eigenvalue weighted by molar-refractivity contribution is 5.76. The predicted octanol–water partition coefficient (Wildman–Crippen LogP) is 1.60. The van der Waals surface area contributed by atoms with Crippen LogP contribution in [0.4, 0.5) is 0 Å². The number of nitrogens with zero attached hydrogens (tertiary/aromatic N) is 1. The smallest absolute Gasteiger partial charge is 0.220 e. The summed E-state index contributed by atoms with van der Waals surface area (Å²) in [5.41, 5.74) is 5.76. The normalized spacial score (nSPS) is 26.4. The van der Waals surface area contributed by atoms with Crippen molar-refractivity contribution in [2.45, 2.75) is 58.5 Å². The third-order valence-corrected chi connectivity index (χ3v) is 4.19. The Morgan fingerprint density at radius 1 is 1.47 bits per heavy atom. The summed E-state index contributed by atoms with van der Waals surface area (Å²) in [5.74, 6) is 1.10. The summed E-state index contributed by atoms with van der Waals surface area (Å²) in [6.45, 7) is 8.26. The molecule has 1 saturated heterocycles. The fourth-order valence-corrected chi connectivity index (χ4v) is 2.90. The molecule has 3 N–H and O–H groups in total. The summed E-state index contributed by atoms with van der Waals surface area (Å²) < 4.78 is 0. The van der Waals surface area contributed by atoms with E-state index in [9.17, 15) is 4.79 Å². The summed E-state index contributed by atoms with van der Waals surface area (Å²) in [5, 5.41) is 3.19. The van der Waals surface area contributed by atoms with Gasteiger partial charge in [0.2, 0.25) is 5.91 Å². The minimum absolute atomic E-state index is 0.179. The van der Waals surface area contributed by atoms with Crippen molar-refractivity contribution in [3.63, 3.8) is 0 Å². The zero-order valence-electron chi connectivity index (χ0n) is 13.0. The van der Waals surface area contributed by atoms with Gasteiger partial charge in [0.25, 0.3) is 0 Å². The van der Waals surface area contributed by atoms with Gasteiger partial charge in [-0.05, 0) is 51.6 Å².